The molecule has 2 N–H and O–H groups in total. The molecule has 1 aromatic carbocycles. The molecule has 2 heteroatoms. The van der Waals surface area contributed by atoms with Crippen molar-refractivity contribution < 1.29 is 4.79 Å². The first-order chi connectivity index (χ1) is 5.86. The second-order valence-electron chi connectivity index (χ2n) is 2.44. The Morgan fingerprint density at radius 2 is 2.25 bits per heavy atom. The second-order valence-corrected chi connectivity index (χ2v) is 2.44. The predicted molar refractivity (Wildman–Crippen MR) is 49.4 cm³/mol. The first-order valence-corrected chi connectivity index (χ1v) is 3.77. The Morgan fingerprint density at radius 3 is 2.92 bits per heavy atom. The Morgan fingerprint density at radius 1 is 1.42 bits per heavy atom. The van der Waals surface area contributed by atoms with E-state index in [1.807, 2.05) is 24.3 Å². The number of allylic oxidation sites excluding steroid dienone is 1. The minimum absolute atomic E-state index is 0.531. The van der Waals surface area contributed by atoms with E-state index < -0.39 is 0 Å². The number of benzene rings is 1. The molecule has 0 aliphatic carbocycles. The van der Waals surface area contributed by atoms with Gasteiger partial charge in [0.05, 0.1) is 0 Å². The molecule has 0 aromatic heterocycles. The van der Waals surface area contributed by atoms with E-state index in [1.54, 1.807) is 6.08 Å². The summed E-state index contributed by atoms with van der Waals surface area (Å²) in [5.74, 6) is 0. The van der Waals surface area contributed by atoms with Crippen LogP contribution in [0.15, 0.2) is 30.3 Å². The molecule has 2 nitrogen and oxygen atoms in total. The Hall–Kier alpha value is -1.41. The van der Waals surface area contributed by atoms with Crippen LogP contribution in [-0.4, -0.2) is 6.29 Å². The van der Waals surface area contributed by atoms with Crippen LogP contribution < -0.4 is 5.73 Å². The molecular weight excluding hydrogens is 150 g/mol. The lowest BCUT2D eigenvalue weighted by Gasteiger charge is -1.96. The molecular formula is C10H11NO. The van der Waals surface area contributed by atoms with Gasteiger partial charge in [-0.2, -0.15) is 0 Å². The highest BCUT2D eigenvalue weighted by Gasteiger charge is 1.89. The van der Waals surface area contributed by atoms with Gasteiger partial charge in [0.25, 0.3) is 0 Å². The van der Waals surface area contributed by atoms with Crippen LogP contribution in [0.1, 0.15) is 11.1 Å². The maximum absolute atomic E-state index is 10.0. The maximum Gasteiger partial charge on any atom is 0.142 e. The topological polar surface area (TPSA) is 43.1 Å². The summed E-state index contributed by atoms with van der Waals surface area (Å²) < 4.78 is 0. The Balaban J connectivity index is 2.86. The molecule has 0 fully saturated rings. The quantitative estimate of drug-likeness (QED) is 0.537. The van der Waals surface area contributed by atoms with E-state index in [1.165, 1.54) is 6.08 Å². The van der Waals surface area contributed by atoms with Crippen LogP contribution in [0.3, 0.4) is 0 Å². The van der Waals surface area contributed by atoms with Crippen molar-refractivity contribution in [1.29, 1.82) is 0 Å². The molecule has 1 aromatic rings. The van der Waals surface area contributed by atoms with E-state index in [9.17, 15) is 4.79 Å². The lowest BCUT2D eigenvalue weighted by atomic mass is 10.1. The molecule has 0 atom stereocenters. The molecule has 0 amide bonds. The molecule has 12 heavy (non-hydrogen) atoms. The van der Waals surface area contributed by atoms with Gasteiger partial charge in [-0.3, -0.25) is 4.79 Å². The SMILES string of the molecule is NCc1cccc(/C=C/C=O)c1. The number of rotatable bonds is 3. The number of nitrogens with two attached hydrogens (primary N) is 1. The van der Waals surface area contributed by atoms with Crippen molar-refractivity contribution in [2.75, 3.05) is 0 Å². The number of carbonyl (C=O) groups is 1. The Bertz CT molecular complexity index is 292. The molecule has 0 aliphatic heterocycles. The molecule has 0 bridgehead atoms. The van der Waals surface area contributed by atoms with Crippen molar-refractivity contribution in [2.24, 2.45) is 5.73 Å². The highest BCUT2D eigenvalue weighted by Crippen LogP contribution is 2.05. The van der Waals surface area contributed by atoms with Gasteiger partial charge in [0.2, 0.25) is 0 Å². The minimum Gasteiger partial charge on any atom is -0.326 e. The van der Waals surface area contributed by atoms with E-state index >= 15 is 0 Å². The van der Waals surface area contributed by atoms with Gasteiger partial charge in [0.1, 0.15) is 6.29 Å². The maximum atomic E-state index is 10.0. The van der Waals surface area contributed by atoms with Gasteiger partial charge in [0, 0.05) is 6.54 Å². The highest BCUT2D eigenvalue weighted by atomic mass is 16.1. The summed E-state index contributed by atoms with van der Waals surface area (Å²) in [6.07, 6.45) is 3.98. The molecule has 0 heterocycles. The van der Waals surface area contributed by atoms with Crippen molar-refractivity contribution in [3.8, 4) is 0 Å². The molecule has 0 aliphatic rings. The van der Waals surface area contributed by atoms with Crippen LogP contribution in [0.4, 0.5) is 0 Å². The summed E-state index contributed by atoms with van der Waals surface area (Å²) in [5.41, 5.74) is 7.53. The zero-order chi connectivity index (χ0) is 8.81. The van der Waals surface area contributed by atoms with Crippen LogP contribution in [0.2, 0.25) is 0 Å². The summed E-state index contributed by atoms with van der Waals surface area (Å²) in [7, 11) is 0. The zero-order valence-electron chi connectivity index (χ0n) is 6.73. The Labute approximate surface area is 71.7 Å². The number of hydrogen-bond acceptors (Lipinski definition) is 2. The van der Waals surface area contributed by atoms with Crippen LogP contribution >= 0.6 is 0 Å². The van der Waals surface area contributed by atoms with Crippen LogP contribution in [0, 0.1) is 0 Å². The highest BCUT2D eigenvalue weighted by molar-refractivity contribution is 5.73. The Kier molecular flexibility index (Phi) is 3.23. The monoisotopic (exact) mass is 161 g/mol. The van der Waals surface area contributed by atoms with Crippen molar-refractivity contribution >= 4 is 12.4 Å². The molecule has 0 radical (unpaired) electrons. The summed E-state index contributed by atoms with van der Waals surface area (Å²) in [6, 6.07) is 7.77. The number of hydrogen-bond donors (Lipinski definition) is 1. The predicted octanol–water partition coefficient (Wildman–Crippen LogP) is 1.36. The van der Waals surface area contributed by atoms with E-state index in [2.05, 4.69) is 0 Å². The molecule has 1 rings (SSSR count). The van der Waals surface area contributed by atoms with E-state index in [-0.39, 0.29) is 0 Å². The zero-order valence-corrected chi connectivity index (χ0v) is 6.73. The number of carbonyl (C=O) groups excluding carboxylic acids is 1. The van der Waals surface area contributed by atoms with Crippen molar-refractivity contribution in [3.05, 3.63) is 41.5 Å². The largest absolute Gasteiger partial charge is 0.326 e. The molecule has 62 valence electrons. The van der Waals surface area contributed by atoms with Crippen molar-refractivity contribution in [1.82, 2.24) is 0 Å². The van der Waals surface area contributed by atoms with Gasteiger partial charge in [-0.1, -0.05) is 30.3 Å². The summed E-state index contributed by atoms with van der Waals surface area (Å²) >= 11 is 0. The van der Waals surface area contributed by atoms with E-state index in [0.717, 1.165) is 17.4 Å². The van der Waals surface area contributed by atoms with Crippen molar-refractivity contribution in [3.63, 3.8) is 0 Å². The van der Waals surface area contributed by atoms with E-state index in [4.69, 9.17) is 5.73 Å². The first-order valence-electron chi connectivity index (χ1n) is 3.77. The normalized spacial score (nSPS) is 10.4. The average molecular weight is 161 g/mol. The minimum atomic E-state index is 0.531. The third-order valence-electron chi connectivity index (χ3n) is 1.55. The van der Waals surface area contributed by atoms with Gasteiger partial charge in [-0.15, -0.1) is 0 Å². The average Bonchev–Trinajstić information content (AvgIpc) is 2.15. The molecule has 0 saturated carbocycles. The smallest absolute Gasteiger partial charge is 0.142 e. The van der Waals surface area contributed by atoms with Gasteiger partial charge < -0.3 is 5.73 Å². The van der Waals surface area contributed by atoms with Gasteiger partial charge in [-0.05, 0) is 17.2 Å². The molecule has 0 unspecified atom stereocenters. The third kappa shape index (κ3) is 2.32. The third-order valence-corrected chi connectivity index (χ3v) is 1.55. The number of aldehydes is 1. The molecule has 0 spiro atoms. The first kappa shape index (κ1) is 8.68. The lowest BCUT2D eigenvalue weighted by Crippen LogP contribution is -1.95. The second kappa shape index (κ2) is 4.46. The van der Waals surface area contributed by atoms with Crippen LogP contribution in [0.25, 0.3) is 6.08 Å². The summed E-state index contributed by atoms with van der Waals surface area (Å²) in [5, 5.41) is 0. The molecule has 0 saturated heterocycles. The summed E-state index contributed by atoms with van der Waals surface area (Å²) in [4.78, 5) is 10.0. The van der Waals surface area contributed by atoms with Crippen molar-refractivity contribution in [2.45, 2.75) is 6.54 Å². The fourth-order valence-electron chi connectivity index (χ4n) is 0.974. The standard InChI is InChI=1S/C10H11NO/c11-8-10-4-1-3-9(7-10)5-2-6-12/h1-7H,8,11H2/b5-2+. The van der Waals surface area contributed by atoms with Crippen LogP contribution in [-0.2, 0) is 11.3 Å². The lowest BCUT2D eigenvalue weighted by molar-refractivity contribution is -0.104. The fourth-order valence-corrected chi connectivity index (χ4v) is 0.974. The van der Waals surface area contributed by atoms with Gasteiger partial charge in [0.15, 0.2) is 0 Å². The van der Waals surface area contributed by atoms with E-state index in [0.29, 0.717) is 6.54 Å². The van der Waals surface area contributed by atoms with Gasteiger partial charge in [-0.25, -0.2) is 0 Å². The fraction of sp³-hybridized carbons (Fsp3) is 0.100. The van der Waals surface area contributed by atoms with Gasteiger partial charge >= 0.3 is 0 Å². The summed E-state index contributed by atoms with van der Waals surface area (Å²) in [6.45, 7) is 0.531. The van der Waals surface area contributed by atoms with Crippen LogP contribution in [0.5, 0.6) is 0 Å².